The third-order valence-corrected chi connectivity index (χ3v) is 10.1. The molecule has 10 rings (SSSR count). The first-order chi connectivity index (χ1) is 26.7. The Balaban J connectivity index is 1.20. The molecule has 0 saturated carbocycles. The van der Waals surface area contributed by atoms with E-state index in [0.717, 1.165) is 61.0 Å². The molecule has 252 valence electrons. The second kappa shape index (κ2) is 13.4. The highest BCUT2D eigenvalue weighted by Gasteiger charge is 2.17. The number of rotatable bonds is 6. The molecule has 0 radical (unpaired) electrons. The van der Waals surface area contributed by atoms with E-state index >= 15 is 0 Å². The summed E-state index contributed by atoms with van der Waals surface area (Å²) in [5.74, 6) is 1.88. The maximum absolute atomic E-state index is 5.14. The fraction of sp³-hybridized carbons (Fsp3) is 0. The molecule has 0 bridgehead atoms. The highest BCUT2D eigenvalue weighted by molar-refractivity contribution is 6.14. The molecular weight excluding hydrogens is 657 g/mol. The van der Waals surface area contributed by atoms with Crippen LogP contribution in [0.4, 0.5) is 0 Å². The van der Waals surface area contributed by atoms with Gasteiger partial charge in [0.05, 0.1) is 5.52 Å². The number of hydrogen-bond donors (Lipinski definition) is 0. The van der Waals surface area contributed by atoms with Crippen LogP contribution in [0.5, 0.6) is 0 Å². The zero-order valence-corrected chi connectivity index (χ0v) is 29.3. The summed E-state index contributed by atoms with van der Waals surface area (Å²) in [6, 6.07) is 65.7. The summed E-state index contributed by atoms with van der Waals surface area (Å²) in [7, 11) is 0. The fourth-order valence-corrected chi connectivity index (χ4v) is 7.40. The number of aromatic nitrogens is 4. The third-order valence-electron chi connectivity index (χ3n) is 10.1. The second-order valence-electron chi connectivity index (χ2n) is 13.5. The maximum Gasteiger partial charge on any atom is 0.164 e. The van der Waals surface area contributed by atoms with E-state index in [-0.39, 0.29) is 0 Å². The van der Waals surface area contributed by atoms with E-state index in [9.17, 15) is 0 Å². The van der Waals surface area contributed by atoms with Crippen molar-refractivity contribution in [3.63, 3.8) is 0 Å². The lowest BCUT2D eigenvalue weighted by molar-refractivity contribution is 1.07. The first-order valence-electron chi connectivity index (χ1n) is 18.1. The standard InChI is InChI=1S/C50H32N4/c1-4-14-33(15-5-1)42-26-38-25-24-36(31-47(38)51-32-42)39-27-40(46-30-37-20-10-11-21-43(37)44-22-12-13-23-45(44)46)29-41(28-39)50-53-48(34-16-6-2-7-17-34)52-49(54-50)35-18-8-3-9-19-35/h1-32H. The van der Waals surface area contributed by atoms with Gasteiger partial charge in [-0.3, -0.25) is 4.98 Å². The molecule has 0 saturated heterocycles. The Morgan fingerprint density at radius 3 is 1.50 bits per heavy atom. The number of fused-ring (bicyclic) bond motifs is 4. The molecule has 0 unspecified atom stereocenters. The predicted octanol–water partition coefficient (Wildman–Crippen LogP) is 12.7. The maximum atomic E-state index is 5.14. The van der Waals surface area contributed by atoms with E-state index < -0.39 is 0 Å². The lowest BCUT2D eigenvalue weighted by Crippen LogP contribution is -2.00. The van der Waals surface area contributed by atoms with Gasteiger partial charge in [0.1, 0.15) is 0 Å². The van der Waals surface area contributed by atoms with Crippen LogP contribution >= 0.6 is 0 Å². The molecule has 0 aliphatic rings. The van der Waals surface area contributed by atoms with Crippen molar-refractivity contribution in [3.8, 4) is 67.5 Å². The monoisotopic (exact) mass is 688 g/mol. The van der Waals surface area contributed by atoms with Crippen molar-refractivity contribution >= 4 is 32.4 Å². The van der Waals surface area contributed by atoms with Crippen LogP contribution in [0, 0.1) is 0 Å². The van der Waals surface area contributed by atoms with Crippen LogP contribution in [0.25, 0.3) is 100.0 Å². The number of benzene rings is 8. The van der Waals surface area contributed by atoms with Crippen LogP contribution < -0.4 is 0 Å². The minimum atomic E-state index is 0.613. The van der Waals surface area contributed by atoms with Crippen molar-refractivity contribution in [1.82, 2.24) is 19.9 Å². The van der Waals surface area contributed by atoms with Crippen molar-refractivity contribution in [3.05, 3.63) is 194 Å². The van der Waals surface area contributed by atoms with Crippen molar-refractivity contribution in [2.75, 3.05) is 0 Å². The molecule has 0 aliphatic carbocycles. The predicted molar refractivity (Wildman–Crippen MR) is 223 cm³/mol. The van der Waals surface area contributed by atoms with E-state index in [1.807, 2.05) is 72.9 Å². The summed E-state index contributed by atoms with van der Waals surface area (Å²) in [6.07, 6.45) is 1.96. The van der Waals surface area contributed by atoms with Gasteiger partial charge in [-0.15, -0.1) is 0 Å². The summed E-state index contributed by atoms with van der Waals surface area (Å²) in [5.41, 5.74) is 10.3. The lowest BCUT2D eigenvalue weighted by Gasteiger charge is -2.15. The van der Waals surface area contributed by atoms with E-state index in [0.29, 0.717) is 17.5 Å². The Bertz CT molecular complexity index is 2920. The zero-order chi connectivity index (χ0) is 35.8. The fourth-order valence-electron chi connectivity index (χ4n) is 7.40. The molecule has 8 aromatic carbocycles. The average molecular weight is 689 g/mol. The molecule has 0 atom stereocenters. The van der Waals surface area contributed by atoms with Gasteiger partial charge >= 0.3 is 0 Å². The number of pyridine rings is 1. The minimum absolute atomic E-state index is 0.613. The molecule has 10 aromatic rings. The summed E-state index contributed by atoms with van der Waals surface area (Å²) < 4.78 is 0. The van der Waals surface area contributed by atoms with Gasteiger partial charge in [-0.05, 0) is 85.8 Å². The van der Waals surface area contributed by atoms with Gasteiger partial charge < -0.3 is 0 Å². The minimum Gasteiger partial charge on any atom is -0.256 e. The lowest BCUT2D eigenvalue weighted by atomic mass is 9.90. The Morgan fingerprint density at radius 2 is 0.815 bits per heavy atom. The third kappa shape index (κ3) is 5.86. The van der Waals surface area contributed by atoms with Crippen molar-refractivity contribution < 1.29 is 0 Å². The average Bonchev–Trinajstić information content (AvgIpc) is 3.26. The van der Waals surface area contributed by atoms with Crippen LogP contribution in [0.2, 0.25) is 0 Å². The van der Waals surface area contributed by atoms with Gasteiger partial charge in [0.15, 0.2) is 17.5 Å². The van der Waals surface area contributed by atoms with Crippen LogP contribution in [0.3, 0.4) is 0 Å². The Hall–Kier alpha value is -7.30. The largest absolute Gasteiger partial charge is 0.256 e. The first-order valence-corrected chi connectivity index (χ1v) is 18.1. The summed E-state index contributed by atoms with van der Waals surface area (Å²) in [5, 5.41) is 5.94. The van der Waals surface area contributed by atoms with Crippen LogP contribution in [-0.4, -0.2) is 19.9 Å². The molecule has 0 spiro atoms. The molecule has 0 aliphatic heterocycles. The number of nitrogens with zero attached hydrogens (tertiary/aromatic N) is 4. The highest BCUT2D eigenvalue weighted by atomic mass is 15.0. The molecular formula is C50H32N4. The van der Waals surface area contributed by atoms with E-state index in [1.165, 1.54) is 21.5 Å². The molecule has 54 heavy (non-hydrogen) atoms. The van der Waals surface area contributed by atoms with Gasteiger partial charge in [-0.2, -0.15) is 0 Å². The van der Waals surface area contributed by atoms with E-state index in [1.54, 1.807) is 0 Å². The van der Waals surface area contributed by atoms with Crippen LogP contribution in [0.1, 0.15) is 0 Å². The highest BCUT2D eigenvalue weighted by Crippen LogP contribution is 2.39. The van der Waals surface area contributed by atoms with Crippen LogP contribution in [0.15, 0.2) is 194 Å². The van der Waals surface area contributed by atoms with Crippen molar-refractivity contribution in [1.29, 1.82) is 0 Å². The number of hydrogen-bond acceptors (Lipinski definition) is 4. The summed E-state index contributed by atoms with van der Waals surface area (Å²) in [6.45, 7) is 0. The van der Waals surface area contributed by atoms with E-state index in [2.05, 4.69) is 121 Å². The van der Waals surface area contributed by atoms with Gasteiger partial charge in [-0.25, -0.2) is 15.0 Å². The van der Waals surface area contributed by atoms with Gasteiger partial charge in [0.25, 0.3) is 0 Å². The molecule has 4 nitrogen and oxygen atoms in total. The molecule has 0 amide bonds. The van der Waals surface area contributed by atoms with Gasteiger partial charge in [0, 0.05) is 33.8 Å². The van der Waals surface area contributed by atoms with Crippen molar-refractivity contribution in [2.45, 2.75) is 0 Å². The van der Waals surface area contributed by atoms with Crippen molar-refractivity contribution in [2.24, 2.45) is 0 Å². The topological polar surface area (TPSA) is 51.6 Å². The van der Waals surface area contributed by atoms with Gasteiger partial charge in [-0.1, -0.05) is 152 Å². The molecule has 4 heteroatoms. The Labute approximate surface area is 313 Å². The van der Waals surface area contributed by atoms with Gasteiger partial charge in [0.2, 0.25) is 0 Å². The SMILES string of the molecule is c1ccc(-c2cnc3cc(-c4cc(-c5nc(-c6ccccc6)nc(-c6ccccc6)n5)cc(-c5cc6ccccc6c6ccccc56)c4)ccc3c2)cc1. The summed E-state index contributed by atoms with van der Waals surface area (Å²) in [4.78, 5) is 20.2. The molecule has 0 fully saturated rings. The first kappa shape index (κ1) is 31.4. The smallest absolute Gasteiger partial charge is 0.164 e. The Morgan fingerprint density at radius 1 is 0.278 bits per heavy atom. The normalized spacial score (nSPS) is 11.3. The second-order valence-corrected chi connectivity index (χ2v) is 13.5. The molecule has 0 N–H and O–H groups in total. The Kier molecular flexibility index (Phi) is 7.77. The molecule has 2 aromatic heterocycles. The van der Waals surface area contributed by atoms with E-state index in [4.69, 9.17) is 19.9 Å². The van der Waals surface area contributed by atoms with Crippen LogP contribution in [-0.2, 0) is 0 Å². The zero-order valence-electron chi connectivity index (χ0n) is 29.3. The quantitative estimate of drug-likeness (QED) is 0.163. The summed E-state index contributed by atoms with van der Waals surface area (Å²) >= 11 is 0. The molecule has 2 heterocycles.